The number of carboxylic acids is 1. The molecule has 1 N–H and O–H groups in total. The van der Waals surface area contributed by atoms with Crippen molar-refractivity contribution in [3.8, 4) is 11.1 Å². The number of aromatic nitrogens is 2. The molecule has 4 heteroatoms. The summed E-state index contributed by atoms with van der Waals surface area (Å²) in [7, 11) is 1.77. The van der Waals surface area contributed by atoms with Gasteiger partial charge in [-0.05, 0) is 30.5 Å². The molecule has 2 rings (SSSR count). The van der Waals surface area contributed by atoms with E-state index in [1.165, 1.54) is 11.1 Å². The van der Waals surface area contributed by atoms with E-state index in [0.717, 1.165) is 16.8 Å². The molecule has 18 heavy (non-hydrogen) atoms. The predicted molar refractivity (Wildman–Crippen MR) is 69.5 cm³/mol. The van der Waals surface area contributed by atoms with Crippen molar-refractivity contribution in [2.24, 2.45) is 7.05 Å². The van der Waals surface area contributed by atoms with E-state index in [1.807, 2.05) is 19.1 Å². The lowest BCUT2D eigenvalue weighted by molar-refractivity contribution is -0.136. The smallest absolute Gasteiger partial charge is 0.309 e. The molecule has 0 fully saturated rings. The van der Waals surface area contributed by atoms with Gasteiger partial charge in [-0.3, -0.25) is 9.48 Å². The third-order valence-electron chi connectivity index (χ3n) is 3.20. The standard InChI is InChI=1S/C14H16N2O2/c1-9-4-5-11(6-10(9)2)12-8-15-16(3)13(12)7-14(17)18/h4-6,8H,7H2,1-3H3,(H,17,18). The van der Waals surface area contributed by atoms with Crippen molar-refractivity contribution < 1.29 is 9.90 Å². The molecule has 0 unspecified atom stereocenters. The van der Waals surface area contributed by atoms with Gasteiger partial charge in [-0.2, -0.15) is 5.10 Å². The number of benzene rings is 1. The van der Waals surface area contributed by atoms with Crippen molar-refractivity contribution in [2.45, 2.75) is 20.3 Å². The van der Waals surface area contributed by atoms with Crippen molar-refractivity contribution in [1.82, 2.24) is 9.78 Å². The maximum absolute atomic E-state index is 10.9. The average molecular weight is 244 g/mol. The Hall–Kier alpha value is -2.10. The van der Waals surface area contributed by atoms with Crippen LogP contribution in [0.25, 0.3) is 11.1 Å². The molecule has 0 saturated carbocycles. The van der Waals surface area contributed by atoms with Crippen LogP contribution in [0.4, 0.5) is 0 Å². The van der Waals surface area contributed by atoms with E-state index in [0.29, 0.717) is 0 Å². The van der Waals surface area contributed by atoms with Gasteiger partial charge < -0.3 is 5.11 Å². The van der Waals surface area contributed by atoms with Crippen molar-refractivity contribution >= 4 is 5.97 Å². The highest BCUT2D eigenvalue weighted by molar-refractivity contribution is 5.75. The van der Waals surface area contributed by atoms with Crippen molar-refractivity contribution in [3.05, 3.63) is 41.2 Å². The fourth-order valence-electron chi connectivity index (χ4n) is 1.97. The molecule has 0 saturated heterocycles. The lowest BCUT2D eigenvalue weighted by atomic mass is 10.00. The van der Waals surface area contributed by atoms with Gasteiger partial charge in [-0.1, -0.05) is 18.2 Å². The van der Waals surface area contributed by atoms with E-state index >= 15 is 0 Å². The molecule has 0 aliphatic heterocycles. The summed E-state index contributed by atoms with van der Waals surface area (Å²) in [6.07, 6.45) is 1.71. The maximum Gasteiger partial charge on any atom is 0.309 e. The van der Waals surface area contributed by atoms with Gasteiger partial charge in [0.15, 0.2) is 0 Å². The summed E-state index contributed by atoms with van der Waals surface area (Å²) < 4.78 is 1.62. The predicted octanol–water partition coefficient (Wildman–Crippen LogP) is 2.33. The normalized spacial score (nSPS) is 10.6. The molecular weight excluding hydrogens is 228 g/mol. The molecule has 0 amide bonds. The molecule has 0 aliphatic carbocycles. The number of hydrogen-bond donors (Lipinski definition) is 1. The number of aliphatic carboxylic acids is 1. The Morgan fingerprint density at radius 2 is 2.06 bits per heavy atom. The minimum Gasteiger partial charge on any atom is -0.481 e. The first kappa shape index (κ1) is 12.4. The minimum atomic E-state index is -0.844. The Labute approximate surface area is 106 Å². The lowest BCUT2D eigenvalue weighted by Crippen LogP contribution is -2.07. The van der Waals surface area contributed by atoms with Crippen molar-refractivity contribution in [1.29, 1.82) is 0 Å². The van der Waals surface area contributed by atoms with E-state index in [2.05, 4.69) is 18.1 Å². The van der Waals surface area contributed by atoms with E-state index in [-0.39, 0.29) is 6.42 Å². The summed E-state index contributed by atoms with van der Waals surface area (Å²) in [6.45, 7) is 4.10. The molecule has 0 spiro atoms. The minimum absolute atomic E-state index is 0.0151. The van der Waals surface area contributed by atoms with Crippen LogP contribution in [0, 0.1) is 13.8 Å². The highest BCUT2D eigenvalue weighted by atomic mass is 16.4. The SMILES string of the molecule is Cc1ccc(-c2cnn(C)c2CC(=O)O)cc1C. The highest BCUT2D eigenvalue weighted by Crippen LogP contribution is 2.25. The van der Waals surface area contributed by atoms with Gasteiger partial charge in [-0.25, -0.2) is 0 Å². The number of rotatable bonds is 3. The van der Waals surface area contributed by atoms with Crippen LogP contribution in [0.1, 0.15) is 16.8 Å². The number of carbonyl (C=O) groups is 1. The zero-order chi connectivity index (χ0) is 13.3. The second-order valence-corrected chi connectivity index (χ2v) is 4.50. The van der Waals surface area contributed by atoms with Gasteiger partial charge in [0.1, 0.15) is 0 Å². The summed E-state index contributed by atoms with van der Waals surface area (Å²) in [5.74, 6) is -0.844. The molecule has 0 radical (unpaired) electrons. The van der Waals surface area contributed by atoms with E-state index in [9.17, 15) is 4.79 Å². The first-order valence-electron chi connectivity index (χ1n) is 5.79. The first-order valence-corrected chi connectivity index (χ1v) is 5.79. The molecule has 1 heterocycles. The van der Waals surface area contributed by atoms with Gasteiger partial charge in [0.25, 0.3) is 0 Å². The quantitative estimate of drug-likeness (QED) is 0.901. The Balaban J connectivity index is 2.50. The second-order valence-electron chi connectivity index (χ2n) is 4.50. The van der Waals surface area contributed by atoms with Crippen LogP contribution in [0.5, 0.6) is 0 Å². The summed E-state index contributed by atoms with van der Waals surface area (Å²) in [6, 6.07) is 6.12. The summed E-state index contributed by atoms with van der Waals surface area (Å²) in [4.78, 5) is 10.9. The lowest BCUT2D eigenvalue weighted by Gasteiger charge is -2.06. The van der Waals surface area contributed by atoms with Crippen LogP contribution in [-0.4, -0.2) is 20.9 Å². The van der Waals surface area contributed by atoms with Gasteiger partial charge in [0.2, 0.25) is 0 Å². The molecule has 94 valence electrons. The van der Waals surface area contributed by atoms with Crippen LogP contribution in [0.3, 0.4) is 0 Å². The molecule has 0 aliphatic rings. The topological polar surface area (TPSA) is 55.1 Å². The third-order valence-corrected chi connectivity index (χ3v) is 3.20. The molecule has 1 aromatic heterocycles. The van der Waals surface area contributed by atoms with Crippen LogP contribution >= 0.6 is 0 Å². The maximum atomic E-state index is 10.9. The summed E-state index contributed by atoms with van der Waals surface area (Å²) in [5.41, 5.74) is 5.05. The summed E-state index contributed by atoms with van der Waals surface area (Å²) >= 11 is 0. The van der Waals surface area contributed by atoms with Gasteiger partial charge in [0.05, 0.1) is 18.3 Å². The molecule has 0 bridgehead atoms. The summed E-state index contributed by atoms with van der Waals surface area (Å²) in [5, 5.41) is 13.1. The second kappa shape index (κ2) is 4.64. The molecule has 4 nitrogen and oxygen atoms in total. The van der Waals surface area contributed by atoms with Gasteiger partial charge in [-0.15, -0.1) is 0 Å². The Bertz CT molecular complexity index is 600. The number of nitrogens with zero attached hydrogens (tertiary/aromatic N) is 2. The Kier molecular flexibility index (Phi) is 3.19. The highest BCUT2D eigenvalue weighted by Gasteiger charge is 2.14. The van der Waals surface area contributed by atoms with Crippen molar-refractivity contribution in [3.63, 3.8) is 0 Å². The largest absolute Gasteiger partial charge is 0.481 e. The van der Waals surface area contributed by atoms with Crippen LogP contribution in [-0.2, 0) is 18.3 Å². The third kappa shape index (κ3) is 2.27. The van der Waals surface area contributed by atoms with Gasteiger partial charge >= 0.3 is 5.97 Å². The molecule has 1 aromatic carbocycles. The Morgan fingerprint density at radius 1 is 1.33 bits per heavy atom. The zero-order valence-electron chi connectivity index (χ0n) is 10.8. The number of aryl methyl sites for hydroxylation is 3. The van der Waals surface area contributed by atoms with E-state index in [1.54, 1.807) is 17.9 Å². The van der Waals surface area contributed by atoms with Crippen LogP contribution in [0.2, 0.25) is 0 Å². The molecular formula is C14H16N2O2. The van der Waals surface area contributed by atoms with E-state index < -0.39 is 5.97 Å². The average Bonchev–Trinajstić information content (AvgIpc) is 2.64. The molecule has 0 atom stereocenters. The van der Waals surface area contributed by atoms with Gasteiger partial charge in [0, 0.05) is 12.6 Å². The molecule has 2 aromatic rings. The fourth-order valence-corrected chi connectivity index (χ4v) is 1.97. The van der Waals surface area contributed by atoms with Crippen LogP contribution in [0.15, 0.2) is 24.4 Å². The first-order chi connectivity index (χ1) is 8.49. The fraction of sp³-hybridized carbons (Fsp3) is 0.286. The van der Waals surface area contributed by atoms with Crippen LogP contribution < -0.4 is 0 Å². The Morgan fingerprint density at radius 3 is 2.67 bits per heavy atom. The van der Waals surface area contributed by atoms with Crippen molar-refractivity contribution in [2.75, 3.05) is 0 Å². The zero-order valence-corrected chi connectivity index (χ0v) is 10.8. The monoisotopic (exact) mass is 244 g/mol. The number of carboxylic acid groups (broad SMARTS) is 1. The van der Waals surface area contributed by atoms with E-state index in [4.69, 9.17) is 5.11 Å². The number of hydrogen-bond acceptors (Lipinski definition) is 2.